The van der Waals surface area contributed by atoms with Crippen molar-refractivity contribution in [2.45, 2.75) is 33.2 Å². The highest BCUT2D eigenvalue weighted by atomic mass is 16.1. The van der Waals surface area contributed by atoms with Crippen LogP contribution in [-0.2, 0) is 6.42 Å². The molecule has 0 aromatic carbocycles. The van der Waals surface area contributed by atoms with Crippen molar-refractivity contribution in [1.82, 2.24) is 14.7 Å². The number of nitrogens with zero attached hydrogens (tertiary/aromatic N) is 3. The predicted octanol–water partition coefficient (Wildman–Crippen LogP) is 0.729. The highest BCUT2D eigenvalue weighted by molar-refractivity contribution is 5.92. The van der Waals surface area contributed by atoms with Crippen LogP contribution in [0.3, 0.4) is 0 Å². The Bertz CT molecular complexity index is 432. The summed E-state index contributed by atoms with van der Waals surface area (Å²) in [6, 6.07) is 0.400. The molecule has 17 heavy (non-hydrogen) atoms. The lowest BCUT2D eigenvalue weighted by molar-refractivity contribution is 0.0969. The van der Waals surface area contributed by atoms with Gasteiger partial charge in [-0.1, -0.05) is 13.8 Å². The highest BCUT2D eigenvalue weighted by Crippen LogP contribution is 2.25. The monoisotopic (exact) mass is 236 g/mol. The van der Waals surface area contributed by atoms with Crippen LogP contribution >= 0.6 is 0 Å². The molecular weight excluding hydrogens is 216 g/mol. The van der Waals surface area contributed by atoms with E-state index in [-0.39, 0.29) is 0 Å². The first-order valence-electron chi connectivity index (χ1n) is 6.18. The number of hydrogen-bond acceptors (Lipinski definition) is 3. The minimum atomic E-state index is -0.428. The Morgan fingerprint density at radius 2 is 2.12 bits per heavy atom. The molecule has 1 aromatic heterocycles. The molecule has 1 amide bonds. The molecule has 2 rings (SSSR count). The first-order valence-corrected chi connectivity index (χ1v) is 6.18. The Morgan fingerprint density at radius 3 is 2.59 bits per heavy atom. The van der Waals surface area contributed by atoms with Crippen LogP contribution in [0.5, 0.6) is 0 Å². The number of amides is 1. The molecule has 94 valence electrons. The Labute approximate surface area is 102 Å². The number of nitrogens with two attached hydrogens (primary N) is 1. The zero-order valence-corrected chi connectivity index (χ0v) is 10.7. The van der Waals surface area contributed by atoms with Crippen LogP contribution in [0.1, 0.15) is 41.6 Å². The molecule has 0 atom stereocenters. The second kappa shape index (κ2) is 4.49. The summed E-state index contributed by atoms with van der Waals surface area (Å²) in [6.45, 7) is 9.27. The molecule has 2 heterocycles. The van der Waals surface area contributed by atoms with Gasteiger partial charge in [0.2, 0.25) is 0 Å². The second-order valence-corrected chi connectivity index (χ2v) is 4.59. The number of primary amides is 1. The van der Waals surface area contributed by atoms with Gasteiger partial charge in [0.25, 0.3) is 5.91 Å². The molecule has 2 N–H and O–H groups in total. The maximum absolute atomic E-state index is 11.3. The Hall–Kier alpha value is -1.36. The maximum atomic E-state index is 11.3. The number of likely N-dealkylation sites (N-methyl/N-ethyl adjacent to an activating group) is 1. The first-order chi connectivity index (χ1) is 8.08. The fraction of sp³-hybridized carbons (Fsp3) is 0.667. The van der Waals surface area contributed by atoms with E-state index >= 15 is 0 Å². The molecule has 0 saturated carbocycles. The van der Waals surface area contributed by atoms with Crippen molar-refractivity contribution in [2.75, 3.05) is 19.6 Å². The minimum absolute atomic E-state index is 0.400. The molecule has 0 bridgehead atoms. The Morgan fingerprint density at radius 1 is 1.47 bits per heavy atom. The van der Waals surface area contributed by atoms with E-state index in [2.05, 4.69) is 23.8 Å². The van der Waals surface area contributed by atoms with Crippen LogP contribution in [0.15, 0.2) is 0 Å². The van der Waals surface area contributed by atoms with Gasteiger partial charge in [0.05, 0.1) is 6.04 Å². The van der Waals surface area contributed by atoms with E-state index in [0.29, 0.717) is 11.7 Å². The van der Waals surface area contributed by atoms with Crippen LogP contribution in [0.4, 0.5) is 0 Å². The summed E-state index contributed by atoms with van der Waals surface area (Å²) >= 11 is 0. The number of likely N-dealkylation sites (tertiary alicyclic amines) is 1. The average Bonchev–Trinajstić information content (AvgIpc) is 2.54. The third-order valence-corrected chi connectivity index (χ3v) is 3.57. The van der Waals surface area contributed by atoms with Gasteiger partial charge in [-0.3, -0.25) is 14.4 Å². The zero-order valence-electron chi connectivity index (χ0n) is 10.7. The molecule has 0 spiro atoms. The number of aromatic nitrogens is 2. The summed E-state index contributed by atoms with van der Waals surface area (Å²) < 4.78 is 2.00. The van der Waals surface area contributed by atoms with Crippen molar-refractivity contribution < 1.29 is 4.79 Å². The molecule has 1 aromatic rings. The fourth-order valence-electron chi connectivity index (χ4n) is 2.47. The van der Waals surface area contributed by atoms with Crippen molar-refractivity contribution in [3.8, 4) is 0 Å². The fourth-order valence-corrected chi connectivity index (χ4v) is 2.47. The van der Waals surface area contributed by atoms with Crippen molar-refractivity contribution in [3.05, 3.63) is 17.0 Å². The maximum Gasteiger partial charge on any atom is 0.269 e. The lowest BCUT2D eigenvalue weighted by Gasteiger charge is -2.39. The van der Waals surface area contributed by atoms with Gasteiger partial charge in [-0.15, -0.1) is 0 Å². The lowest BCUT2D eigenvalue weighted by atomic mass is 10.1. The summed E-state index contributed by atoms with van der Waals surface area (Å²) in [5.41, 5.74) is 7.85. The summed E-state index contributed by atoms with van der Waals surface area (Å²) in [5.74, 6) is -0.428. The van der Waals surface area contributed by atoms with E-state index in [1.54, 1.807) is 0 Å². The van der Waals surface area contributed by atoms with Gasteiger partial charge in [-0.25, -0.2) is 0 Å². The number of carbonyl (C=O) groups excluding carboxylic acids is 1. The third-order valence-electron chi connectivity index (χ3n) is 3.57. The van der Waals surface area contributed by atoms with Crippen molar-refractivity contribution in [2.24, 2.45) is 5.73 Å². The highest BCUT2D eigenvalue weighted by Gasteiger charge is 2.30. The first kappa shape index (κ1) is 12.1. The molecule has 0 unspecified atom stereocenters. The molecule has 5 heteroatoms. The van der Waals surface area contributed by atoms with Gasteiger partial charge in [-0.2, -0.15) is 5.10 Å². The smallest absolute Gasteiger partial charge is 0.269 e. The van der Waals surface area contributed by atoms with Crippen LogP contribution < -0.4 is 5.73 Å². The van der Waals surface area contributed by atoms with Crippen molar-refractivity contribution >= 4 is 5.91 Å². The SMILES string of the molecule is CCc1c(C)c(C(N)=O)nn1C1CN(CC)C1. The quantitative estimate of drug-likeness (QED) is 0.838. The van der Waals surface area contributed by atoms with Crippen molar-refractivity contribution in [1.29, 1.82) is 0 Å². The van der Waals surface area contributed by atoms with Crippen LogP contribution in [0.25, 0.3) is 0 Å². The zero-order chi connectivity index (χ0) is 12.6. The van der Waals surface area contributed by atoms with Crippen molar-refractivity contribution in [3.63, 3.8) is 0 Å². The predicted molar refractivity (Wildman–Crippen MR) is 66.0 cm³/mol. The van der Waals surface area contributed by atoms with E-state index in [0.717, 1.165) is 37.3 Å². The minimum Gasteiger partial charge on any atom is -0.364 e. The molecule has 1 saturated heterocycles. The topological polar surface area (TPSA) is 64.2 Å². The average molecular weight is 236 g/mol. The summed E-state index contributed by atoms with van der Waals surface area (Å²) in [5, 5.41) is 4.39. The van der Waals surface area contributed by atoms with Gasteiger partial charge in [0, 0.05) is 24.3 Å². The van der Waals surface area contributed by atoms with E-state index in [1.165, 1.54) is 0 Å². The standard InChI is InChI=1S/C12H20N4O/c1-4-10-8(3)11(12(13)17)14-16(10)9-6-15(5-2)7-9/h9H,4-7H2,1-3H3,(H2,13,17). The third kappa shape index (κ3) is 1.95. The number of carbonyl (C=O) groups is 1. The van der Waals surface area contributed by atoms with Crippen LogP contribution in [0.2, 0.25) is 0 Å². The molecule has 1 aliphatic heterocycles. The molecule has 1 aliphatic rings. The molecule has 5 nitrogen and oxygen atoms in total. The second-order valence-electron chi connectivity index (χ2n) is 4.59. The van der Waals surface area contributed by atoms with E-state index in [4.69, 9.17) is 5.73 Å². The van der Waals surface area contributed by atoms with Gasteiger partial charge in [-0.05, 0) is 19.9 Å². The van der Waals surface area contributed by atoms with Gasteiger partial charge >= 0.3 is 0 Å². The lowest BCUT2D eigenvalue weighted by Crippen LogP contribution is -2.48. The molecule has 1 fully saturated rings. The normalized spacial score (nSPS) is 17.1. The summed E-state index contributed by atoms with van der Waals surface area (Å²) in [4.78, 5) is 13.6. The molecular formula is C12H20N4O. The number of hydrogen-bond donors (Lipinski definition) is 1. The van der Waals surface area contributed by atoms with Gasteiger partial charge in [0.15, 0.2) is 5.69 Å². The largest absolute Gasteiger partial charge is 0.364 e. The Kier molecular flexibility index (Phi) is 3.19. The van der Waals surface area contributed by atoms with Gasteiger partial charge in [0.1, 0.15) is 0 Å². The Balaban J connectivity index is 2.28. The molecule has 0 radical (unpaired) electrons. The summed E-state index contributed by atoms with van der Waals surface area (Å²) in [7, 11) is 0. The van der Waals surface area contributed by atoms with E-state index in [1.807, 2.05) is 11.6 Å². The van der Waals surface area contributed by atoms with Crippen LogP contribution in [0, 0.1) is 6.92 Å². The molecule has 0 aliphatic carbocycles. The van der Waals surface area contributed by atoms with E-state index < -0.39 is 5.91 Å². The summed E-state index contributed by atoms with van der Waals surface area (Å²) in [6.07, 6.45) is 0.884. The van der Waals surface area contributed by atoms with Gasteiger partial charge < -0.3 is 5.73 Å². The number of rotatable bonds is 4. The van der Waals surface area contributed by atoms with Crippen LogP contribution in [-0.4, -0.2) is 40.2 Å². The van der Waals surface area contributed by atoms with E-state index in [9.17, 15) is 4.79 Å².